The van der Waals surface area contributed by atoms with E-state index in [0.717, 1.165) is 6.54 Å². The number of hydrogen-bond acceptors (Lipinski definition) is 3. The second kappa shape index (κ2) is 5.85. The fourth-order valence-electron chi connectivity index (χ4n) is 1.36. The summed E-state index contributed by atoms with van der Waals surface area (Å²) in [6.45, 7) is 5.12. The maximum absolute atomic E-state index is 9.12. The van der Waals surface area contributed by atoms with Gasteiger partial charge in [0.2, 0.25) is 0 Å². The zero-order valence-electron chi connectivity index (χ0n) is 9.33. The Morgan fingerprint density at radius 1 is 1.27 bits per heavy atom. The van der Waals surface area contributed by atoms with Gasteiger partial charge in [0, 0.05) is 13.1 Å². The Kier molecular flexibility index (Phi) is 4.75. The van der Waals surface area contributed by atoms with Crippen LogP contribution >= 0.6 is 0 Å². The summed E-state index contributed by atoms with van der Waals surface area (Å²) in [5, 5.41) is 20.8. The van der Waals surface area contributed by atoms with Crippen LogP contribution in [-0.2, 0) is 6.54 Å². The monoisotopic (exact) mass is 209 g/mol. The van der Waals surface area contributed by atoms with Crippen molar-refractivity contribution in [2.45, 2.75) is 26.5 Å². The molecule has 0 unspecified atom stereocenters. The topological polar surface area (TPSA) is 52.5 Å². The van der Waals surface area contributed by atoms with Gasteiger partial charge >= 0.3 is 0 Å². The lowest BCUT2D eigenvalue weighted by molar-refractivity contribution is 0.0942. The van der Waals surface area contributed by atoms with Crippen LogP contribution in [0.25, 0.3) is 0 Å². The molecule has 15 heavy (non-hydrogen) atoms. The van der Waals surface area contributed by atoms with E-state index in [2.05, 4.69) is 37.4 Å². The van der Waals surface area contributed by atoms with Crippen LogP contribution in [0.1, 0.15) is 16.7 Å². The highest BCUT2D eigenvalue weighted by molar-refractivity contribution is 5.29. The number of aliphatic hydroxyl groups excluding tert-OH is 2. The molecule has 0 amide bonds. The molecule has 1 aromatic carbocycles. The maximum Gasteiger partial charge on any atom is 0.0895 e. The van der Waals surface area contributed by atoms with Crippen molar-refractivity contribution >= 4 is 0 Å². The number of rotatable bonds is 5. The second-order valence-corrected chi connectivity index (χ2v) is 3.89. The second-order valence-electron chi connectivity index (χ2n) is 3.89. The van der Waals surface area contributed by atoms with E-state index in [4.69, 9.17) is 10.2 Å². The molecule has 0 aliphatic heterocycles. The number of benzene rings is 1. The Bertz CT molecular complexity index is 312. The molecule has 1 aromatic rings. The molecule has 1 atom stereocenters. The predicted octanol–water partition coefficient (Wildman–Crippen LogP) is 0.746. The van der Waals surface area contributed by atoms with E-state index >= 15 is 0 Å². The zero-order valence-corrected chi connectivity index (χ0v) is 9.33. The third-order valence-electron chi connectivity index (χ3n) is 2.49. The van der Waals surface area contributed by atoms with Crippen molar-refractivity contribution in [3.8, 4) is 0 Å². The van der Waals surface area contributed by atoms with E-state index in [1.807, 2.05) is 0 Å². The van der Waals surface area contributed by atoms with Gasteiger partial charge in [-0.15, -0.1) is 0 Å². The molecule has 0 spiro atoms. The lowest BCUT2D eigenvalue weighted by atomic mass is 10.1. The zero-order chi connectivity index (χ0) is 11.3. The molecule has 0 bridgehead atoms. The molecular formula is C12H19NO2. The van der Waals surface area contributed by atoms with E-state index in [9.17, 15) is 0 Å². The van der Waals surface area contributed by atoms with E-state index in [0.29, 0.717) is 6.54 Å². The molecule has 3 heteroatoms. The van der Waals surface area contributed by atoms with Crippen LogP contribution in [0.5, 0.6) is 0 Å². The Hall–Kier alpha value is -0.900. The summed E-state index contributed by atoms with van der Waals surface area (Å²) in [6.07, 6.45) is -0.670. The number of hydrogen-bond donors (Lipinski definition) is 3. The Morgan fingerprint density at radius 3 is 2.60 bits per heavy atom. The minimum Gasteiger partial charge on any atom is -0.394 e. The van der Waals surface area contributed by atoms with Gasteiger partial charge in [-0.1, -0.05) is 18.2 Å². The van der Waals surface area contributed by atoms with Crippen LogP contribution in [-0.4, -0.2) is 29.5 Å². The summed E-state index contributed by atoms with van der Waals surface area (Å²) in [6, 6.07) is 6.29. The van der Waals surface area contributed by atoms with Crippen molar-refractivity contribution in [1.29, 1.82) is 0 Å². The third kappa shape index (κ3) is 4.00. The van der Waals surface area contributed by atoms with Crippen LogP contribution in [0.15, 0.2) is 18.2 Å². The van der Waals surface area contributed by atoms with Crippen molar-refractivity contribution in [2.24, 2.45) is 0 Å². The van der Waals surface area contributed by atoms with E-state index in [-0.39, 0.29) is 6.61 Å². The predicted molar refractivity (Wildman–Crippen MR) is 60.7 cm³/mol. The van der Waals surface area contributed by atoms with Gasteiger partial charge in [-0.2, -0.15) is 0 Å². The highest BCUT2D eigenvalue weighted by Gasteiger charge is 2.01. The van der Waals surface area contributed by atoms with Crippen LogP contribution in [0, 0.1) is 13.8 Å². The fraction of sp³-hybridized carbons (Fsp3) is 0.500. The van der Waals surface area contributed by atoms with Crippen LogP contribution in [0.2, 0.25) is 0 Å². The molecule has 0 aromatic heterocycles. The minimum atomic E-state index is -0.670. The quantitative estimate of drug-likeness (QED) is 0.670. The summed E-state index contributed by atoms with van der Waals surface area (Å²) in [4.78, 5) is 0. The summed E-state index contributed by atoms with van der Waals surface area (Å²) in [5.41, 5.74) is 3.76. The molecule has 84 valence electrons. The van der Waals surface area contributed by atoms with Gasteiger partial charge in [0.25, 0.3) is 0 Å². The first kappa shape index (κ1) is 12.2. The first-order valence-corrected chi connectivity index (χ1v) is 5.19. The largest absolute Gasteiger partial charge is 0.394 e. The normalized spacial score (nSPS) is 12.8. The summed E-state index contributed by atoms with van der Waals surface area (Å²) < 4.78 is 0. The minimum absolute atomic E-state index is 0.195. The highest BCUT2D eigenvalue weighted by atomic mass is 16.3. The van der Waals surface area contributed by atoms with Crippen molar-refractivity contribution < 1.29 is 10.2 Å². The van der Waals surface area contributed by atoms with E-state index < -0.39 is 6.10 Å². The Labute approximate surface area is 90.8 Å². The molecule has 0 radical (unpaired) electrons. The standard InChI is InChI=1S/C12H19NO2/c1-9-3-4-11(5-10(9)2)6-13-7-12(15)8-14/h3-5,12-15H,6-8H2,1-2H3/t12-/m1/s1. The smallest absolute Gasteiger partial charge is 0.0895 e. The summed E-state index contributed by atoms with van der Waals surface area (Å²) >= 11 is 0. The number of aryl methyl sites for hydroxylation is 2. The number of aliphatic hydroxyl groups is 2. The fourth-order valence-corrected chi connectivity index (χ4v) is 1.36. The van der Waals surface area contributed by atoms with Crippen molar-refractivity contribution in [2.75, 3.05) is 13.2 Å². The lowest BCUT2D eigenvalue weighted by Crippen LogP contribution is -2.28. The average molecular weight is 209 g/mol. The molecular weight excluding hydrogens is 190 g/mol. The molecule has 0 fully saturated rings. The molecule has 1 rings (SSSR count). The molecule has 3 N–H and O–H groups in total. The molecule has 0 saturated heterocycles. The average Bonchev–Trinajstić information content (AvgIpc) is 2.23. The number of nitrogens with one attached hydrogen (secondary N) is 1. The van der Waals surface area contributed by atoms with E-state index in [1.54, 1.807) is 0 Å². The van der Waals surface area contributed by atoms with Crippen molar-refractivity contribution in [3.05, 3.63) is 34.9 Å². The highest BCUT2D eigenvalue weighted by Crippen LogP contribution is 2.09. The van der Waals surface area contributed by atoms with Gasteiger partial charge in [0.1, 0.15) is 0 Å². The van der Waals surface area contributed by atoms with Crippen LogP contribution < -0.4 is 5.32 Å². The van der Waals surface area contributed by atoms with Gasteiger partial charge in [-0.25, -0.2) is 0 Å². The van der Waals surface area contributed by atoms with Crippen LogP contribution in [0.4, 0.5) is 0 Å². The van der Waals surface area contributed by atoms with E-state index in [1.165, 1.54) is 16.7 Å². The van der Waals surface area contributed by atoms with Gasteiger partial charge < -0.3 is 15.5 Å². The van der Waals surface area contributed by atoms with Gasteiger partial charge in [0.05, 0.1) is 12.7 Å². The molecule has 0 aliphatic carbocycles. The molecule has 0 heterocycles. The Morgan fingerprint density at radius 2 is 2.00 bits per heavy atom. The third-order valence-corrected chi connectivity index (χ3v) is 2.49. The maximum atomic E-state index is 9.12. The van der Waals surface area contributed by atoms with Gasteiger partial charge in [-0.3, -0.25) is 0 Å². The molecule has 0 saturated carbocycles. The summed E-state index contributed by atoms with van der Waals surface area (Å²) in [7, 11) is 0. The molecule has 0 aliphatic rings. The first-order chi connectivity index (χ1) is 7.13. The molecule has 3 nitrogen and oxygen atoms in total. The van der Waals surface area contributed by atoms with Crippen molar-refractivity contribution in [1.82, 2.24) is 5.32 Å². The lowest BCUT2D eigenvalue weighted by Gasteiger charge is -2.10. The van der Waals surface area contributed by atoms with Gasteiger partial charge in [-0.05, 0) is 30.5 Å². The SMILES string of the molecule is Cc1ccc(CNC[C@@H](O)CO)cc1C. The summed E-state index contributed by atoms with van der Waals surface area (Å²) in [5.74, 6) is 0. The van der Waals surface area contributed by atoms with Crippen molar-refractivity contribution in [3.63, 3.8) is 0 Å². The first-order valence-electron chi connectivity index (χ1n) is 5.19. The van der Waals surface area contributed by atoms with Crippen LogP contribution in [0.3, 0.4) is 0 Å². The Balaban J connectivity index is 2.41. The van der Waals surface area contributed by atoms with Gasteiger partial charge in [0.15, 0.2) is 0 Å².